The molecule has 96 valence electrons. The van der Waals surface area contributed by atoms with Gasteiger partial charge in [0.1, 0.15) is 0 Å². The lowest BCUT2D eigenvalue weighted by Crippen LogP contribution is -2.30. The predicted molar refractivity (Wildman–Crippen MR) is 67.6 cm³/mol. The molecule has 2 rings (SSSR count). The highest BCUT2D eigenvalue weighted by Crippen LogP contribution is 2.25. The van der Waals surface area contributed by atoms with Crippen LogP contribution in [0.1, 0.15) is 0 Å². The van der Waals surface area contributed by atoms with Crippen LogP contribution in [0.3, 0.4) is 0 Å². The van der Waals surface area contributed by atoms with E-state index in [9.17, 15) is 18.0 Å². The highest BCUT2D eigenvalue weighted by Gasteiger charge is 2.39. The Kier molecular flexibility index (Phi) is 3.41. The quantitative estimate of drug-likeness (QED) is 0.762. The Labute approximate surface area is 117 Å². The van der Waals surface area contributed by atoms with E-state index in [0.29, 0.717) is 8.59 Å². The molecule has 4 nitrogen and oxygen atoms in total. The fourth-order valence-electron chi connectivity index (χ4n) is 1.24. The first kappa shape index (κ1) is 13.4. The molecule has 2 aromatic heterocycles. The molecule has 2 heterocycles. The molecule has 0 aliphatic heterocycles. The molecule has 0 radical (unpaired) electrons. The fraction of sp³-hybridized carbons (Fsp3) is 0.111. The number of fused-ring (bicyclic) bond motifs is 1. The SMILES string of the molecule is O=C(Nc1cn2ccc(I)c(Cl)c2n1)C(F)(F)F. The molecule has 0 bridgehead atoms. The van der Waals surface area contributed by atoms with Crippen molar-refractivity contribution >= 4 is 51.6 Å². The normalized spacial score (nSPS) is 11.8. The van der Waals surface area contributed by atoms with E-state index in [1.54, 1.807) is 17.6 Å². The zero-order valence-corrected chi connectivity index (χ0v) is 11.3. The molecule has 0 aliphatic rings. The number of carbonyl (C=O) groups excluding carboxylic acids is 1. The Balaban J connectivity index is 2.37. The van der Waals surface area contributed by atoms with Gasteiger partial charge in [-0.25, -0.2) is 4.98 Å². The number of pyridine rings is 1. The third-order valence-corrected chi connectivity index (χ3v) is 3.61. The number of nitrogens with one attached hydrogen (secondary N) is 1. The average Bonchev–Trinajstić information content (AvgIpc) is 2.66. The molecule has 0 spiro atoms. The summed E-state index contributed by atoms with van der Waals surface area (Å²) in [6, 6.07) is 1.67. The van der Waals surface area contributed by atoms with Crippen LogP contribution in [0.5, 0.6) is 0 Å². The second-order valence-electron chi connectivity index (χ2n) is 3.29. The van der Waals surface area contributed by atoms with Gasteiger partial charge in [0.25, 0.3) is 0 Å². The van der Waals surface area contributed by atoms with Gasteiger partial charge in [0.15, 0.2) is 11.5 Å². The number of hydrogen-bond acceptors (Lipinski definition) is 2. The number of halogens is 5. The number of anilines is 1. The largest absolute Gasteiger partial charge is 0.471 e. The van der Waals surface area contributed by atoms with Crippen molar-refractivity contribution in [3.05, 3.63) is 27.1 Å². The van der Waals surface area contributed by atoms with Crippen LogP contribution in [-0.2, 0) is 4.79 Å². The van der Waals surface area contributed by atoms with E-state index in [4.69, 9.17) is 11.6 Å². The molecular weight excluding hydrogens is 385 g/mol. The minimum Gasteiger partial charge on any atom is -0.304 e. The highest BCUT2D eigenvalue weighted by atomic mass is 127. The van der Waals surface area contributed by atoms with E-state index in [1.165, 1.54) is 10.6 Å². The van der Waals surface area contributed by atoms with Crippen LogP contribution < -0.4 is 5.32 Å². The van der Waals surface area contributed by atoms with Crippen LogP contribution in [0.25, 0.3) is 5.65 Å². The van der Waals surface area contributed by atoms with Crippen LogP contribution >= 0.6 is 34.2 Å². The topological polar surface area (TPSA) is 46.4 Å². The molecule has 0 saturated carbocycles. The highest BCUT2D eigenvalue weighted by molar-refractivity contribution is 14.1. The summed E-state index contributed by atoms with van der Waals surface area (Å²) in [6.07, 6.45) is -2.12. The lowest BCUT2D eigenvalue weighted by molar-refractivity contribution is -0.167. The van der Waals surface area contributed by atoms with Crippen molar-refractivity contribution in [1.29, 1.82) is 0 Å². The molecule has 0 unspecified atom stereocenters. The van der Waals surface area contributed by atoms with Gasteiger partial charge in [-0.05, 0) is 28.7 Å². The maximum Gasteiger partial charge on any atom is 0.471 e. The fourth-order valence-corrected chi connectivity index (χ4v) is 1.85. The van der Waals surface area contributed by atoms with E-state index in [2.05, 4.69) is 4.98 Å². The Morgan fingerprint density at radius 3 is 2.78 bits per heavy atom. The summed E-state index contributed by atoms with van der Waals surface area (Å²) < 4.78 is 38.3. The van der Waals surface area contributed by atoms with Crippen molar-refractivity contribution in [2.45, 2.75) is 6.18 Å². The maximum atomic E-state index is 12.1. The van der Waals surface area contributed by atoms with Gasteiger partial charge in [0, 0.05) is 9.77 Å². The molecule has 0 aliphatic carbocycles. The van der Waals surface area contributed by atoms with Gasteiger partial charge < -0.3 is 9.72 Å². The van der Waals surface area contributed by atoms with Crippen molar-refractivity contribution in [1.82, 2.24) is 9.38 Å². The van der Waals surface area contributed by atoms with E-state index >= 15 is 0 Å². The van der Waals surface area contributed by atoms with Crippen molar-refractivity contribution in [2.24, 2.45) is 0 Å². The van der Waals surface area contributed by atoms with Gasteiger partial charge in [-0.1, -0.05) is 11.6 Å². The summed E-state index contributed by atoms with van der Waals surface area (Å²) >= 11 is 7.91. The van der Waals surface area contributed by atoms with E-state index in [1.807, 2.05) is 22.6 Å². The molecule has 0 fully saturated rings. The molecule has 1 N–H and O–H groups in total. The van der Waals surface area contributed by atoms with Crippen LogP contribution in [0.2, 0.25) is 5.02 Å². The zero-order valence-electron chi connectivity index (χ0n) is 8.42. The van der Waals surface area contributed by atoms with E-state index in [0.717, 1.165) is 0 Å². The molecule has 1 amide bonds. The smallest absolute Gasteiger partial charge is 0.304 e. The number of carbonyl (C=O) groups is 1. The minimum atomic E-state index is -4.95. The number of aromatic nitrogens is 2. The summed E-state index contributed by atoms with van der Waals surface area (Å²) in [5, 5.41) is 1.97. The maximum absolute atomic E-state index is 12.1. The standard InChI is InChI=1S/C9H4ClF3IN3O/c10-6-4(14)1-2-17-3-5(15-7(6)17)16-8(18)9(11,12)13/h1-3H,(H,16,18). The monoisotopic (exact) mass is 389 g/mol. The number of alkyl halides is 3. The van der Waals surface area contributed by atoms with Crippen LogP contribution in [0.4, 0.5) is 19.0 Å². The summed E-state index contributed by atoms with van der Waals surface area (Å²) in [6.45, 7) is 0. The Morgan fingerprint density at radius 1 is 1.50 bits per heavy atom. The molecular formula is C9H4ClF3IN3O. The molecule has 9 heteroatoms. The number of rotatable bonds is 1. The lowest BCUT2D eigenvalue weighted by Gasteiger charge is -2.04. The molecule has 0 aromatic carbocycles. The summed E-state index contributed by atoms with van der Waals surface area (Å²) in [7, 11) is 0. The second-order valence-corrected chi connectivity index (χ2v) is 4.83. The third-order valence-electron chi connectivity index (χ3n) is 2.02. The van der Waals surface area contributed by atoms with Crippen molar-refractivity contribution in [3.63, 3.8) is 0 Å². The van der Waals surface area contributed by atoms with E-state index in [-0.39, 0.29) is 11.5 Å². The Morgan fingerprint density at radius 2 is 2.17 bits per heavy atom. The summed E-state index contributed by atoms with van der Waals surface area (Å²) in [5.41, 5.74) is 0.279. The van der Waals surface area contributed by atoms with Gasteiger partial charge in [0.2, 0.25) is 0 Å². The Hall–Kier alpha value is -1.03. The molecule has 2 aromatic rings. The summed E-state index contributed by atoms with van der Waals surface area (Å²) in [4.78, 5) is 14.6. The lowest BCUT2D eigenvalue weighted by atomic mass is 10.5. The Bertz CT molecular complexity index is 625. The van der Waals surface area contributed by atoms with Crippen molar-refractivity contribution < 1.29 is 18.0 Å². The number of hydrogen-bond donors (Lipinski definition) is 1. The molecule has 0 saturated heterocycles. The number of amides is 1. The van der Waals surface area contributed by atoms with Gasteiger partial charge >= 0.3 is 12.1 Å². The van der Waals surface area contributed by atoms with Crippen LogP contribution in [-0.4, -0.2) is 21.5 Å². The first-order valence-electron chi connectivity index (χ1n) is 4.50. The van der Waals surface area contributed by atoms with Gasteiger partial charge in [0.05, 0.1) is 11.2 Å². The van der Waals surface area contributed by atoms with Crippen LogP contribution in [0.15, 0.2) is 18.5 Å². The second kappa shape index (κ2) is 4.57. The average molecular weight is 390 g/mol. The minimum absolute atomic E-state index is 0.207. The summed E-state index contributed by atoms with van der Waals surface area (Å²) in [5.74, 6) is -2.28. The predicted octanol–water partition coefficient (Wildman–Crippen LogP) is 3.09. The number of nitrogens with zero attached hydrogens (tertiary/aromatic N) is 2. The first-order chi connectivity index (χ1) is 8.29. The van der Waals surface area contributed by atoms with Crippen molar-refractivity contribution in [3.8, 4) is 0 Å². The molecule has 0 atom stereocenters. The molecule has 18 heavy (non-hydrogen) atoms. The van der Waals surface area contributed by atoms with Gasteiger partial charge in [-0.2, -0.15) is 13.2 Å². The third kappa shape index (κ3) is 2.53. The van der Waals surface area contributed by atoms with E-state index < -0.39 is 12.1 Å². The van der Waals surface area contributed by atoms with Gasteiger partial charge in [-0.15, -0.1) is 0 Å². The van der Waals surface area contributed by atoms with Gasteiger partial charge in [-0.3, -0.25) is 4.79 Å². The number of imidazole rings is 1. The zero-order chi connectivity index (χ0) is 13.5. The van der Waals surface area contributed by atoms with Crippen molar-refractivity contribution in [2.75, 3.05) is 5.32 Å². The first-order valence-corrected chi connectivity index (χ1v) is 5.95. The van der Waals surface area contributed by atoms with Crippen LogP contribution in [0, 0.1) is 3.57 Å².